The third-order valence-corrected chi connectivity index (χ3v) is 11.8. The van der Waals surface area contributed by atoms with Gasteiger partial charge in [-0.05, 0) is 94.1 Å². The molecule has 0 aliphatic carbocycles. The van der Waals surface area contributed by atoms with Crippen molar-refractivity contribution in [2.24, 2.45) is 0 Å². The topological polar surface area (TPSA) is 20.1 Å². The number of hydrogen-bond donors (Lipinski definition) is 0. The van der Waals surface area contributed by atoms with E-state index in [-0.39, 0.29) is 22.4 Å². The van der Waals surface area contributed by atoms with Crippen LogP contribution >= 0.6 is 0 Å². The molecule has 0 saturated carbocycles. The zero-order chi connectivity index (χ0) is 42.2. The van der Waals surface area contributed by atoms with Crippen LogP contribution in [0.15, 0.2) is 206 Å². The van der Waals surface area contributed by atoms with Crippen LogP contribution in [0.3, 0.4) is 0 Å². The van der Waals surface area contributed by atoms with Gasteiger partial charge in [0, 0.05) is 12.1 Å². The summed E-state index contributed by atoms with van der Waals surface area (Å²) in [6, 6.07) is 77.2. The van der Waals surface area contributed by atoms with Crippen molar-refractivity contribution in [2.75, 3.05) is 0 Å². The number of para-hydroxylation sites is 4. The molecule has 0 radical (unpaired) electrons. The van der Waals surface area contributed by atoms with Gasteiger partial charge in [0.2, 0.25) is 11.4 Å². The zero-order valence-corrected chi connectivity index (χ0v) is 37.9. The van der Waals surface area contributed by atoms with Crippen LogP contribution in [0.1, 0.15) is 22.3 Å². The van der Waals surface area contributed by atoms with Crippen molar-refractivity contribution in [3.63, 3.8) is 0 Å². The normalized spacial score (nSPS) is 11.6. The van der Waals surface area contributed by atoms with E-state index in [1.54, 1.807) is 0 Å². The minimum Gasteiger partial charge on any atom is -0.656 e. The van der Waals surface area contributed by atoms with Crippen molar-refractivity contribution in [3.8, 4) is 44.5 Å². The maximum Gasteiger partial charge on any atom is 1.00 e. The minimum absolute atomic E-state index is 0. The molecule has 9 aromatic carbocycles. The van der Waals surface area contributed by atoms with Crippen LogP contribution in [0.5, 0.6) is 0 Å². The Morgan fingerprint density at radius 1 is 0.349 bits per heavy atom. The molecule has 0 atom stereocenters. The van der Waals surface area contributed by atoms with E-state index < -0.39 is 0 Å². The number of benzene rings is 9. The summed E-state index contributed by atoms with van der Waals surface area (Å²) in [5, 5.41) is 2.59. The SMILES string of the molecule is C1=[N+](c2c(-c3ccccc3)cccc2-c2ccccc2)c2ccccc2[N+]=1c1c(-c2ccccc2)cccc1-c1ccccc1.Cc1cc(C)c2[n-]c3c(C)cc(C)cc3c2c1.[Au+]. The molecule has 306 valence electrons. The van der Waals surface area contributed by atoms with Crippen molar-refractivity contribution in [3.05, 3.63) is 229 Å². The predicted molar refractivity (Wildman–Crippen MR) is 263 cm³/mol. The van der Waals surface area contributed by atoms with E-state index in [4.69, 9.17) is 4.98 Å². The molecule has 1 aliphatic rings. The van der Waals surface area contributed by atoms with E-state index in [1.807, 2.05) is 0 Å². The molecule has 1 aliphatic heterocycles. The fraction of sp³-hybridized carbons (Fsp3) is 0.0678. The van der Waals surface area contributed by atoms with Gasteiger partial charge in [-0.2, -0.15) is 0 Å². The second-order valence-electron chi connectivity index (χ2n) is 16.2. The summed E-state index contributed by atoms with van der Waals surface area (Å²) in [6.45, 7) is 8.58. The summed E-state index contributed by atoms with van der Waals surface area (Å²) in [6.07, 6.45) is 0. The Hall–Kier alpha value is -7.10. The van der Waals surface area contributed by atoms with Crippen LogP contribution in [0.25, 0.3) is 66.3 Å². The van der Waals surface area contributed by atoms with Gasteiger partial charge >= 0.3 is 28.4 Å². The maximum atomic E-state index is 4.80. The van der Waals surface area contributed by atoms with Crippen LogP contribution < -0.4 is 14.1 Å². The largest absolute Gasteiger partial charge is 1.00 e. The van der Waals surface area contributed by atoms with Crippen LogP contribution in [0, 0.1) is 27.7 Å². The molecule has 0 saturated heterocycles. The first-order chi connectivity index (χ1) is 30.4. The number of hydrogen-bond acceptors (Lipinski definition) is 0. The Morgan fingerprint density at radius 2 is 0.651 bits per heavy atom. The Labute approximate surface area is 385 Å². The monoisotopic (exact) mass is 993 g/mol. The van der Waals surface area contributed by atoms with Gasteiger partial charge < -0.3 is 4.98 Å². The van der Waals surface area contributed by atoms with Gasteiger partial charge in [-0.25, -0.2) is 0 Å². The molecule has 0 fully saturated rings. The van der Waals surface area contributed by atoms with E-state index in [2.05, 4.69) is 249 Å². The first-order valence-corrected chi connectivity index (χ1v) is 21.3. The summed E-state index contributed by atoms with van der Waals surface area (Å²) in [5.74, 6) is 0. The zero-order valence-electron chi connectivity index (χ0n) is 35.8. The maximum absolute atomic E-state index is 4.80. The number of fused-ring (bicyclic) bond motifs is 4. The minimum atomic E-state index is 0. The van der Waals surface area contributed by atoms with Crippen molar-refractivity contribution in [1.82, 2.24) is 14.1 Å². The number of rotatable bonds is 6. The smallest absolute Gasteiger partial charge is 0.656 e. The molecule has 3 nitrogen and oxygen atoms in total. The van der Waals surface area contributed by atoms with Crippen molar-refractivity contribution < 1.29 is 22.4 Å². The molecule has 1 aromatic heterocycles. The first-order valence-electron chi connectivity index (χ1n) is 21.3. The fourth-order valence-electron chi connectivity index (χ4n) is 9.10. The van der Waals surface area contributed by atoms with Crippen LogP contribution in [-0.2, 0) is 22.4 Å². The van der Waals surface area contributed by atoms with E-state index in [0.29, 0.717) is 0 Å². The molecule has 2 heterocycles. The quantitative estimate of drug-likeness (QED) is 0.120. The molecular weight excluding hydrogens is 948 g/mol. The summed E-state index contributed by atoms with van der Waals surface area (Å²) < 4.78 is 4.52. The average Bonchev–Trinajstić information content (AvgIpc) is 3.89. The Balaban J connectivity index is 0.000000234. The van der Waals surface area contributed by atoms with Gasteiger partial charge in [-0.1, -0.05) is 192 Å². The Bertz CT molecular complexity index is 3010. The van der Waals surface area contributed by atoms with Crippen LogP contribution in [0.2, 0.25) is 0 Å². The molecule has 0 bridgehead atoms. The van der Waals surface area contributed by atoms with Gasteiger partial charge in [-0.15, -0.1) is 11.0 Å². The van der Waals surface area contributed by atoms with Crippen molar-refractivity contribution in [1.29, 1.82) is 0 Å². The number of nitrogens with zero attached hydrogens (tertiary/aromatic N) is 3. The van der Waals surface area contributed by atoms with Gasteiger partial charge in [0.25, 0.3) is 11.4 Å². The average molecular weight is 994 g/mol. The van der Waals surface area contributed by atoms with Gasteiger partial charge in [0.1, 0.15) is 0 Å². The molecule has 10 aromatic rings. The Morgan fingerprint density at radius 3 is 0.968 bits per heavy atom. The molecule has 0 N–H and O–H groups in total. The number of aryl methyl sites for hydroxylation is 4. The van der Waals surface area contributed by atoms with E-state index in [0.717, 1.165) is 78.3 Å². The number of aromatic nitrogens is 1. The van der Waals surface area contributed by atoms with Crippen molar-refractivity contribution in [2.45, 2.75) is 27.7 Å². The third-order valence-electron chi connectivity index (χ3n) is 11.8. The van der Waals surface area contributed by atoms with E-state index in [1.165, 1.54) is 33.0 Å². The fourth-order valence-corrected chi connectivity index (χ4v) is 9.10. The van der Waals surface area contributed by atoms with Gasteiger partial charge in [0.05, 0.1) is 22.3 Å². The second-order valence-corrected chi connectivity index (χ2v) is 16.2. The predicted octanol–water partition coefficient (Wildman–Crippen LogP) is 15.4. The van der Waals surface area contributed by atoms with Crippen LogP contribution in [-0.4, -0.2) is 6.01 Å². The Kier molecular flexibility index (Phi) is 11.6. The van der Waals surface area contributed by atoms with Gasteiger partial charge in [-0.3, -0.25) is 0 Å². The molecule has 11 rings (SSSR count). The summed E-state index contributed by atoms with van der Waals surface area (Å²) in [4.78, 5) is 4.80. The molecule has 4 heteroatoms. The first kappa shape index (κ1) is 41.3. The van der Waals surface area contributed by atoms with Crippen molar-refractivity contribution >= 4 is 50.6 Å². The van der Waals surface area contributed by atoms with E-state index in [9.17, 15) is 0 Å². The standard InChI is InChI=1S/C43H30N2.C16H16N.Au/c1-5-17-32(18-6-1)36-25-15-26-37(33-19-7-2-8-20-33)42(36)44-31-45(41-30-14-13-29-40(41)44)43-38(34-21-9-3-10-22-34)27-16-28-39(43)35-23-11-4-12-24-35;1-9-5-11(3)15-13(7-9)14-8-10(2)6-12(4)16(14)17-15;/h1-30H;5-8H,1-4H3;/q+2;-1;+1. The molecule has 63 heavy (non-hydrogen) atoms. The third kappa shape index (κ3) is 7.85. The molecule has 0 unspecified atom stereocenters. The summed E-state index contributed by atoms with van der Waals surface area (Å²) in [5.41, 5.74) is 21.1. The molecule has 0 amide bonds. The van der Waals surface area contributed by atoms with Gasteiger partial charge in [0.15, 0.2) is 0 Å². The summed E-state index contributed by atoms with van der Waals surface area (Å²) >= 11 is 0. The molecular formula is C59H46AuN3+2. The summed E-state index contributed by atoms with van der Waals surface area (Å²) in [7, 11) is 0. The molecule has 0 spiro atoms. The van der Waals surface area contributed by atoms with Crippen LogP contribution in [0.4, 0.5) is 22.7 Å². The van der Waals surface area contributed by atoms with E-state index >= 15 is 0 Å². The second kappa shape index (κ2) is 17.7.